The summed E-state index contributed by atoms with van der Waals surface area (Å²) < 4.78 is 17.7. The lowest BCUT2D eigenvalue weighted by Gasteiger charge is -2.07. The Balaban J connectivity index is 1.85. The number of pyridine rings is 1. The van der Waals surface area contributed by atoms with E-state index in [9.17, 15) is 9.18 Å². The predicted molar refractivity (Wildman–Crippen MR) is 82.2 cm³/mol. The van der Waals surface area contributed by atoms with Crippen molar-refractivity contribution in [1.29, 1.82) is 0 Å². The van der Waals surface area contributed by atoms with Crippen molar-refractivity contribution < 1.29 is 13.9 Å². The molecule has 22 heavy (non-hydrogen) atoms. The topological polar surface area (TPSA) is 63.2 Å². The smallest absolute Gasteiger partial charge is 0.270 e. The summed E-state index contributed by atoms with van der Waals surface area (Å²) in [4.78, 5) is 16.1. The molecule has 1 aromatic carbocycles. The van der Waals surface area contributed by atoms with Crippen molar-refractivity contribution in [1.82, 2.24) is 10.3 Å². The molecule has 0 aliphatic heterocycles. The van der Waals surface area contributed by atoms with E-state index >= 15 is 0 Å². The van der Waals surface area contributed by atoms with E-state index in [0.717, 1.165) is 11.3 Å². The number of anilines is 1. The van der Waals surface area contributed by atoms with Gasteiger partial charge in [0.1, 0.15) is 11.5 Å². The summed E-state index contributed by atoms with van der Waals surface area (Å²) in [6.07, 6.45) is 1.60. The van der Waals surface area contributed by atoms with Crippen molar-refractivity contribution in [3.05, 3.63) is 59.7 Å². The highest BCUT2D eigenvalue weighted by molar-refractivity contribution is 5.92. The van der Waals surface area contributed by atoms with Crippen LogP contribution in [0.25, 0.3) is 0 Å². The third-order valence-electron chi connectivity index (χ3n) is 3.00. The average Bonchev–Trinajstić information content (AvgIpc) is 2.55. The fourth-order valence-corrected chi connectivity index (χ4v) is 1.81. The van der Waals surface area contributed by atoms with Crippen molar-refractivity contribution in [2.45, 2.75) is 6.54 Å². The number of hydrogen-bond donors (Lipinski definition) is 2. The second-order valence-electron chi connectivity index (χ2n) is 4.66. The molecule has 0 atom stereocenters. The average molecular weight is 303 g/mol. The van der Waals surface area contributed by atoms with Gasteiger partial charge in [-0.3, -0.25) is 4.79 Å². The van der Waals surface area contributed by atoms with Crippen molar-refractivity contribution in [2.24, 2.45) is 0 Å². The van der Waals surface area contributed by atoms with E-state index in [1.54, 1.807) is 37.6 Å². The van der Waals surface area contributed by atoms with Crippen molar-refractivity contribution in [2.75, 3.05) is 25.6 Å². The number of amides is 1. The zero-order valence-electron chi connectivity index (χ0n) is 12.3. The van der Waals surface area contributed by atoms with Gasteiger partial charge in [0.2, 0.25) is 0 Å². The number of nitrogens with zero attached hydrogens (tertiary/aromatic N) is 1. The highest BCUT2D eigenvalue weighted by Gasteiger charge is 2.06. The first-order chi connectivity index (χ1) is 10.7. The first-order valence-electron chi connectivity index (χ1n) is 6.90. The summed E-state index contributed by atoms with van der Waals surface area (Å²) in [5.74, 6) is -0.568. The Kier molecular flexibility index (Phi) is 5.85. The van der Waals surface area contributed by atoms with Crippen molar-refractivity contribution >= 4 is 11.6 Å². The normalized spacial score (nSPS) is 10.3. The molecule has 2 aromatic rings. The fraction of sp³-hybridized carbons (Fsp3) is 0.250. The van der Waals surface area contributed by atoms with Gasteiger partial charge in [0.05, 0.1) is 18.5 Å². The van der Waals surface area contributed by atoms with Gasteiger partial charge < -0.3 is 15.4 Å². The van der Waals surface area contributed by atoms with Crippen LogP contribution in [0.15, 0.2) is 42.6 Å². The summed E-state index contributed by atoms with van der Waals surface area (Å²) in [6.45, 7) is 1.60. The SMILES string of the molecule is COCCNc1ccc(C(=O)NCc2ccc(F)cc2)nc1. The van der Waals surface area contributed by atoms with Gasteiger partial charge >= 0.3 is 0 Å². The van der Waals surface area contributed by atoms with Gasteiger partial charge in [-0.1, -0.05) is 12.1 Å². The maximum atomic E-state index is 12.8. The van der Waals surface area contributed by atoms with E-state index in [1.807, 2.05) is 0 Å². The third-order valence-corrected chi connectivity index (χ3v) is 3.00. The van der Waals surface area contributed by atoms with E-state index < -0.39 is 0 Å². The lowest BCUT2D eigenvalue weighted by atomic mass is 10.2. The molecule has 1 amide bonds. The molecule has 2 N–H and O–H groups in total. The minimum atomic E-state index is -0.298. The molecule has 0 saturated heterocycles. The van der Waals surface area contributed by atoms with Crippen molar-refractivity contribution in [3.63, 3.8) is 0 Å². The van der Waals surface area contributed by atoms with Gasteiger partial charge in [0, 0.05) is 20.2 Å². The summed E-state index contributed by atoms with van der Waals surface area (Å²) in [6, 6.07) is 9.42. The first kappa shape index (κ1) is 15.9. The van der Waals surface area contributed by atoms with Crippen LogP contribution in [-0.4, -0.2) is 31.2 Å². The molecule has 0 aliphatic carbocycles. The van der Waals surface area contributed by atoms with Crippen LogP contribution in [0.2, 0.25) is 0 Å². The first-order valence-corrected chi connectivity index (χ1v) is 6.90. The van der Waals surface area contributed by atoms with Crippen LogP contribution in [0, 0.1) is 5.82 Å². The molecule has 0 spiro atoms. The van der Waals surface area contributed by atoms with Gasteiger partial charge in [-0.25, -0.2) is 9.37 Å². The molecule has 5 nitrogen and oxygen atoms in total. The molecule has 0 radical (unpaired) electrons. The molecule has 0 aliphatic rings. The Morgan fingerprint density at radius 3 is 2.64 bits per heavy atom. The number of carbonyl (C=O) groups excluding carboxylic acids is 1. The molecule has 1 aromatic heterocycles. The largest absolute Gasteiger partial charge is 0.383 e. The standard InChI is InChI=1S/C16H18FN3O2/c1-22-9-8-18-14-6-7-15(19-11-14)16(21)20-10-12-2-4-13(17)5-3-12/h2-7,11,18H,8-10H2,1H3,(H,20,21). The number of carbonyl (C=O) groups is 1. The number of nitrogens with one attached hydrogen (secondary N) is 2. The van der Waals surface area contributed by atoms with E-state index in [2.05, 4.69) is 15.6 Å². The minimum Gasteiger partial charge on any atom is -0.383 e. The Bertz CT molecular complexity index is 600. The predicted octanol–water partition coefficient (Wildman–Crippen LogP) is 2.21. The Morgan fingerprint density at radius 1 is 1.23 bits per heavy atom. The number of methoxy groups -OCH3 is 1. The summed E-state index contributed by atoms with van der Waals surface area (Å²) in [5, 5.41) is 5.86. The highest BCUT2D eigenvalue weighted by atomic mass is 19.1. The Hall–Kier alpha value is -2.47. The number of ether oxygens (including phenoxy) is 1. The van der Waals surface area contributed by atoms with E-state index in [4.69, 9.17) is 4.74 Å². The van der Waals surface area contributed by atoms with Gasteiger partial charge in [0.15, 0.2) is 0 Å². The van der Waals surface area contributed by atoms with E-state index in [0.29, 0.717) is 25.4 Å². The van der Waals surface area contributed by atoms with Crippen LogP contribution in [0.5, 0.6) is 0 Å². The number of halogens is 1. The van der Waals surface area contributed by atoms with Gasteiger partial charge in [-0.2, -0.15) is 0 Å². The third kappa shape index (κ3) is 4.82. The Labute approximate surface area is 128 Å². The number of benzene rings is 1. The van der Waals surface area contributed by atoms with Crippen molar-refractivity contribution in [3.8, 4) is 0 Å². The lowest BCUT2D eigenvalue weighted by Crippen LogP contribution is -2.23. The van der Waals surface area contributed by atoms with Crippen LogP contribution >= 0.6 is 0 Å². The number of rotatable bonds is 7. The second kappa shape index (κ2) is 8.09. The molecule has 0 saturated carbocycles. The molecule has 1 heterocycles. The van der Waals surface area contributed by atoms with Crippen LogP contribution in [0.4, 0.5) is 10.1 Å². The number of aromatic nitrogens is 1. The fourth-order valence-electron chi connectivity index (χ4n) is 1.81. The zero-order chi connectivity index (χ0) is 15.8. The maximum absolute atomic E-state index is 12.8. The van der Waals surface area contributed by atoms with Crippen LogP contribution in [0.1, 0.15) is 16.1 Å². The monoisotopic (exact) mass is 303 g/mol. The van der Waals surface area contributed by atoms with Crippen LogP contribution in [0.3, 0.4) is 0 Å². The quantitative estimate of drug-likeness (QED) is 0.770. The van der Waals surface area contributed by atoms with Gasteiger partial charge in [-0.15, -0.1) is 0 Å². The molecule has 6 heteroatoms. The molecule has 0 fully saturated rings. The molecular weight excluding hydrogens is 285 g/mol. The van der Waals surface area contributed by atoms with Gasteiger partial charge in [0.25, 0.3) is 5.91 Å². The molecule has 2 rings (SSSR count). The van der Waals surface area contributed by atoms with Crippen LogP contribution < -0.4 is 10.6 Å². The lowest BCUT2D eigenvalue weighted by molar-refractivity contribution is 0.0946. The second-order valence-corrected chi connectivity index (χ2v) is 4.66. The molecule has 116 valence electrons. The molecular formula is C16H18FN3O2. The van der Waals surface area contributed by atoms with E-state index in [-0.39, 0.29) is 11.7 Å². The summed E-state index contributed by atoms with van der Waals surface area (Å²) >= 11 is 0. The molecule has 0 unspecified atom stereocenters. The maximum Gasteiger partial charge on any atom is 0.270 e. The summed E-state index contributed by atoms with van der Waals surface area (Å²) in [5.41, 5.74) is 1.99. The van der Waals surface area contributed by atoms with Crippen LogP contribution in [-0.2, 0) is 11.3 Å². The minimum absolute atomic E-state index is 0.271. The highest BCUT2D eigenvalue weighted by Crippen LogP contribution is 2.06. The molecule has 0 bridgehead atoms. The number of hydrogen-bond acceptors (Lipinski definition) is 4. The Morgan fingerprint density at radius 2 is 2.00 bits per heavy atom. The van der Waals surface area contributed by atoms with E-state index in [1.165, 1.54) is 12.1 Å². The zero-order valence-corrected chi connectivity index (χ0v) is 12.3. The summed E-state index contributed by atoms with van der Waals surface area (Å²) in [7, 11) is 1.63. The van der Waals surface area contributed by atoms with Gasteiger partial charge in [-0.05, 0) is 29.8 Å².